The fourth-order valence-corrected chi connectivity index (χ4v) is 3.43. The van der Waals surface area contributed by atoms with Crippen molar-refractivity contribution in [2.24, 2.45) is 0 Å². The number of hydrogen-bond acceptors (Lipinski definition) is 5. The number of thioether (sulfide) groups is 1. The molecule has 2 N–H and O–H groups in total. The summed E-state index contributed by atoms with van der Waals surface area (Å²) in [6.07, 6.45) is 2.99. The van der Waals surface area contributed by atoms with Crippen LogP contribution in [0.5, 0.6) is 0 Å². The average molecular weight is 322 g/mol. The van der Waals surface area contributed by atoms with E-state index in [2.05, 4.69) is 4.98 Å². The third-order valence-electron chi connectivity index (χ3n) is 3.30. The van der Waals surface area contributed by atoms with Gasteiger partial charge in [0.25, 0.3) is 0 Å². The van der Waals surface area contributed by atoms with Crippen LogP contribution >= 0.6 is 11.8 Å². The lowest BCUT2D eigenvalue weighted by atomic mass is 10.1. The third kappa shape index (κ3) is 3.77. The number of benzene rings is 1. The van der Waals surface area contributed by atoms with E-state index in [4.69, 9.17) is 5.73 Å². The monoisotopic (exact) mass is 322 g/mol. The van der Waals surface area contributed by atoms with Gasteiger partial charge in [-0.2, -0.15) is 0 Å². The molecule has 0 aliphatic carbocycles. The Balaban J connectivity index is 2.12. The van der Waals surface area contributed by atoms with Gasteiger partial charge in [0.2, 0.25) is 0 Å². The highest BCUT2D eigenvalue weighted by atomic mass is 32.2. The lowest BCUT2D eigenvalue weighted by Crippen LogP contribution is -2.00. The Morgan fingerprint density at radius 1 is 1.19 bits per heavy atom. The van der Waals surface area contributed by atoms with E-state index in [1.165, 1.54) is 6.26 Å². The number of pyridine rings is 1. The van der Waals surface area contributed by atoms with Gasteiger partial charge in [0.1, 0.15) is 0 Å². The van der Waals surface area contributed by atoms with Crippen LogP contribution in [0.2, 0.25) is 0 Å². The second kappa shape index (κ2) is 6.07. The van der Waals surface area contributed by atoms with Gasteiger partial charge in [-0.05, 0) is 49.2 Å². The van der Waals surface area contributed by atoms with Gasteiger partial charge in [-0.1, -0.05) is 0 Å². The summed E-state index contributed by atoms with van der Waals surface area (Å²) in [5.41, 5.74) is 9.74. The molecule has 0 fully saturated rings. The molecule has 0 bridgehead atoms. The summed E-state index contributed by atoms with van der Waals surface area (Å²) in [7, 11) is -3.14. The summed E-state index contributed by atoms with van der Waals surface area (Å²) in [5, 5.41) is 0. The van der Waals surface area contributed by atoms with Crippen molar-refractivity contribution >= 4 is 27.3 Å². The summed E-state index contributed by atoms with van der Waals surface area (Å²) >= 11 is 1.61. The van der Waals surface area contributed by atoms with Crippen molar-refractivity contribution in [1.82, 2.24) is 4.98 Å². The van der Waals surface area contributed by atoms with Gasteiger partial charge >= 0.3 is 0 Å². The smallest absolute Gasteiger partial charge is 0.175 e. The van der Waals surface area contributed by atoms with E-state index in [9.17, 15) is 8.42 Å². The van der Waals surface area contributed by atoms with Crippen LogP contribution in [0.3, 0.4) is 0 Å². The van der Waals surface area contributed by atoms with Crippen LogP contribution in [-0.2, 0) is 15.6 Å². The van der Waals surface area contributed by atoms with E-state index >= 15 is 0 Å². The predicted molar refractivity (Wildman–Crippen MR) is 87.2 cm³/mol. The number of aromatic nitrogens is 1. The molecule has 1 aromatic heterocycles. The van der Waals surface area contributed by atoms with Crippen LogP contribution in [0, 0.1) is 13.8 Å². The zero-order valence-corrected chi connectivity index (χ0v) is 13.9. The first-order chi connectivity index (χ1) is 9.79. The quantitative estimate of drug-likeness (QED) is 0.876. The first kappa shape index (κ1) is 15.9. The van der Waals surface area contributed by atoms with Crippen LogP contribution < -0.4 is 5.73 Å². The Hall–Kier alpha value is -1.53. The Morgan fingerprint density at radius 3 is 2.38 bits per heavy atom. The molecule has 4 nitrogen and oxygen atoms in total. The number of hydrogen-bond donors (Lipinski definition) is 1. The molecule has 0 amide bonds. The molecule has 0 radical (unpaired) electrons. The van der Waals surface area contributed by atoms with Crippen molar-refractivity contribution in [3.63, 3.8) is 0 Å². The lowest BCUT2D eigenvalue weighted by Gasteiger charge is -2.09. The minimum absolute atomic E-state index is 0.334. The molecule has 1 aromatic carbocycles. The minimum Gasteiger partial charge on any atom is -0.398 e. The van der Waals surface area contributed by atoms with Gasteiger partial charge in [0.05, 0.1) is 10.6 Å². The van der Waals surface area contributed by atoms with Crippen molar-refractivity contribution < 1.29 is 8.42 Å². The standard InChI is InChI=1S/C15H18N2O2S2/c1-10-8-17-14(11(2)15(10)16)9-20-12-4-6-13(7-5-12)21(3,18)19/h4-8H,9H2,1-3H3,(H2,16,17). The van der Waals surface area contributed by atoms with Crippen molar-refractivity contribution in [3.8, 4) is 0 Å². The fraction of sp³-hybridized carbons (Fsp3) is 0.267. The molecule has 2 aromatic rings. The molecule has 112 valence electrons. The number of rotatable bonds is 4. The minimum atomic E-state index is -3.14. The molecule has 0 saturated carbocycles. The van der Waals surface area contributed by atoms with Crippen LogP contribution in [0.4, 0.5) is 5.69 Å². The summed E-state index contributed by atoms with van der Waals surface area (Å²) in [6.45, 7) is 3.91. The molecule has 2 rings (SSSR count). The van der Waals surface area contributed by atoms with E-state index in [-0.39, 0.29) is 0 Å². The Bertz CT molecular complexity index is 754. The van der Waals surface area contributed by atoms with E-state index in [1.54, 1.807) is 30.1 Å². The number of aryl methyl sites for hydroxylation is 1. The van der Waals surface area contributed by atoms with Gasteiger partial charge < -0.3 is 5.73 Å². The van der Waals surface area contributed by atoms with Gasteiger partial charge in [-0.25, -0.2) is 8.42 Å². The second-order valence-corrected chi connectivity index (χ2v) is 8.02. The molecule has 1 heterocycles. The first-order valence-electron chi connectivity index (χ1n) is 6.42. The Morgan fingerprint density at radius 2 is 1.81 bits per heavy atom. The van der Waals surface area contributed by atoms with Crippen molar-refractivity contribution in [1.29, 1.82) is 0 Å². The van der Waals surface area contributed by atoms with Gasteiger partial charge in [0.15, 0.2) is 9.84 Å². The van der Waals surface area contributed by atoms with Gasteiger partial charge in [-0.15, -0.1) is 11.8 Å². The van der Waals surface area contributed by atoms with Crippen molar-refractivity contribution in [3.05, 3.63) is 47.3 Å². The summed E-state index contributed by atoms with van der Waals surface area (Å²) in [6, 6.07) is 6.88. The third-order valence-corrected chi connectivity index (χ3v) is 5.45. The highest BCUT2D eigenvalue weighted by molar-refractivity contribution is 7.98. The zero-order chi connectivity index (χ0) is 15.6. The summed E-state index contributed by atoms with van der Waals surface area (Å²) in [4.78, 5) is 5.75. The van der Waals surface area contributed by atoms with E-state index in [1.807, 2.05) is 26.0 Å². The van der Waals surface area contributed by atoms with Crippen LogP contribution in [0.15, 0.2) is 40.3 Å². The van der Waals surface area contributed by atoms with Crippen LogP contribution in [0.1, 0.15) is 16.8 Å². The normalized spacial score (nSPS) is 11.6. The fourth-order valence-electron chi connectivity index (χ4n) is 1.87. The van der Waals surface area contributed by atoms with Crippen LogP contribution in [-0.4, -0.2) is 19.7 Å². The molecule has 21 heavy (non-hydrogen) atoms. The first-order valence-corrected chi connectivity index (χ1v) is 9.30. The number of anilines is 1. The number of nitrogens with two attached hydrogens (primary N) is 1. The van der Waals surface area contributed by atoms with Crippen LogP contribution in [0.25, 0.3) is 0 Å². The number of nitrogen functional groups attached to an aromatic ring is 1. The molecule has 0 aliphatic rings. The van der Waals surface area contributed by atoms with Gasteiger partial charge in [0, 0.05) is 28.8 Å². The second-order valence-electron chi connectivity index (χ2n) is 4.96. The topological polar surface area (TPSA) is 73.0 Å². The maximum atomic E-state index is 11.4. The largest absolute Gasteiger partial charge is 0.398 e. The Kier molecular flexibility index (Phi) is 4.58. The highest BCUT2D eigenvalue weighted by Gasteiger charge is 2.08. The average Bonchev–Trinajstić information content (AvgIpc) is 2.43. The molecule has 6 heteroatoms. The SMILES string of the molecule is Cc1cnc(CSc2ccc(S(C)(=O)=O)cc2)c(C)c1N. The number of nitrogens with zero attached hydrogens (tertiary/aromatic N) is 1. The predicted octanol–water partition coefficient (Wildman–Crippen LogP) is 2.98. The maximum Gasteiger partial charge on any atom is 0.175 e. The van der Waals surface area contributed by atoms with Crippen molar-refractivity contribution in [2.45, 2.75) is 29.4 Å². The number of sulfone groups is 1. The molecule has 0 unspecified atom stereocenters. The van der Waals surface area contributed by atoms with Crippen molar-refractivity contribution in [2.75, 3.05) is 12.0 Å². The van der Waals surface area contributed by atoms with E-state index < -0.39 is 9.84 Å². The summed E-state index contributed by atoms with van der Waals surface area (Å²) in [5.74, 6) is 0.703. The van der Waals surface area contributed by atoms with Gasteiger partial charge in [-0.3, -0.25) is 4.98 Å². The molecular formula is C15H18N2O2S2. The zero-order valence-electron chi connectivity index (χ0n) is 12.3. The Labute approximate surface area is 129 Å². The molecule has 0 spiro atoms. The molecule has 0 aliphatic heterocycles. The maximum absolute atomic E-state index is 11.4. The lowest BCUT2D eigenvalue weighted by molar-refractivity contribution is 0.602. The van der Waals surface area contributed by atoms with E-state index in [0.29, 0.717) is 10.6 Å². The molecular weight excluding hydrogens is 304 g/mol. The summed E-state index contributed by atoms with van der Waals surface area (Å²) < 4.78 is 22.8. The molecule has 0 atom stereocenters. The highest BCUT2D eigenvalue weighted by Crippen LogP contribution is 2.27. The molecule has 0 saturated heterocycles. The van der Waals surface area contributed by atoms with E-state index in [0.717, 1.165) is 27.4 Å².